The van der Waals surface area contributed by atoms with Crippen molar-refractivity contribution in [3.63, 3.8) is 0 Å². The molecule has 0 radical (unpaired) electrons. The van der Waals surface area contributed by atoms with E-state index in [1.54, 1.807) is 0 Å². The Bertz CT molecular complexity index is 587. The molecule has 2 aromatic carbocycles. The molecule has 144 valence electrons. The van der Waals surface area contributed by atoms with Gasteiger partial charge in [-0.15, -0.1) is 47.0 Å². The van der Waals surface area contributed by atoms with Gasteiger partial charge in [0.1, 0.15) is 0 Å². The molecule has 0 bridgehead atoms. The third-order valence-corrected chi connectivity index (χ3v) is 9.70. The Kier molecular flexibility index (Phi) is 12.4. The van der Waals surface area contributed by atoms with Crippen LogP contribution in [0.4, 0.5) is 0 Å². The lowest BCUT2D eigenvalue weighted by Crippen LogP contribution is -2.14. The average Bonchev–Trinajstić information content (AvgIpc) is 2.71. The van der Waals surface area contributed by atoms with Gasteiger partial charge in [0.25, 0.3) is 0 Å². The van der Waals surface area contributed by atoms with E-state index in [2.05, 4.69) is 85.6 Å². The summed E-state index contributed by atoms with van der Waals surface area (Å²) in [6.07, 6.45) is 0. The summed E-state index contributed by atoms with van der Waals surface area (Å²) in [5.41, 5.74) is 0. The van der Waals surface area contributed by atoms with Crippen LogP contribution in [0.25, 0.3) is 0 Å². The summed E-state index contributed by atoms with van der Waals surface area (Å²) < 4.78 is 0. The fraction of sp³-hybridized carbons (Fsp3) is 0.273. The summed E-state index contributed by atoms with van der Waals surface area (Å²) in [6.45, 7) is 7.72. The first-order valence-electron chi connectivity index (χ1n) is 8.78. The van der Waals surface area contributed by atoms with E-state index in [9.17, 15) is 0 Å². The molecule has 0 aromatic heterocycles. The molecule has 0 nitrogen and oxygen atoms in total. The van der Waals surface area contributed by atoms with Crippen molar-refractivity contribution in [1.82, 2.24) is 0 Å². The number of thioether (sulfide) groups is 5. The van der Waals surface area contributed by atoms with Crippen molar-refractivity contribution in [2.24, 2.45) is 0 Å². The molecule has 2 unspecified atom stereocenters. The zero-order chi connectivity index (χ0) is 19.2. The van der Waals surface area contributed by atoms with E-state index in [4.69, 9.17) is 0 Å². The summed E-state index contributed by atoms with van der Waals surface area (Å²) >= 11 is 9.68. The Labute approximate surface area is 185 Å². The molecule has 0 spiro atoms. The molecule has 0 aliphatic rings. The highest BCUT2D eigenvalue weighted by molar-refractivity contribution is 8.07. The van der Waals surface area contributed by atoms with Crippen molar-refractivity contribution in [2.75, 3.05) is 23.0 Å². The van der Waals surface area contributed by atoms with Gasteiger partial charge in [0.15, 0.2) is 0 Å². The lowest BCUT2D eigenvalue weighted by Gasteiger charge is -2.19. The van der Waals surface area contributed by atoms with Gasteiger partial charge in [-0.1, -0.05) is 49.6 Å². The van der Waals surface area contributed by atoms with Crippen LogP contribution < -0.4 is 0 Å². The molecule has 0 aliphatic heterocycles. The van der Waals surface area contributed by atoms with E-state index in [1.165, 1.54) is 9.79 Å². The smallest absolute Gasteiger partial charge is 0.0279 e. The molecule has 0 heterocycles. The van der Waals surface area contributed by atoms with Crippen molar-refractivity contribution in [3.8, 4) is 0 Å². The van der Waals surface area contributed by atoms with Crippen molar-refractivity contribution in [2.45, 2.75) is 20.3 Å². The number of benzene rings is 2. The summed E-state index contributed by atoms with van der Waals surface area (Å²) in [5.74, 6) is 4.53. The third kappa shape index (κ3) is 10.1. The van der Waals surface area contributed by atoms with E-state index in [1.807, 2.05) is 57.9 Å². The van der Waals surface area contributed by atoms with Crippen LogP contribution in [0.3, 0.4) is 0 Å². The molecule has 0 saturated heterocycles. The van der Waals surface area contributed by atoms with Gasteiger partial charge >= 0.3 is 0 Å². The molecule has 5 heteroatoms. The molecule has 2 rings (SSSR count). The minimum atomic E-state index is 0.592. The third-order valence-electron chi connectivity index (χ3n) is 3.50. The topological polar surface area (TPSA) is 0 Å². The van der Waals surface area contributed by atoms with Crippen LogP contribution in [0, 0.1) is 0 Å². The van der Waals surface area contributed by atoms with Crippen molar-refractivity contribution < 1.29 is 0 Å². The largest absolute Gasteiger partial charge is 0.160 e. The van der Waals surface area contributed by atoms with Gasteiger partial charge in [-0.25, -0.2) is 0 Å². The Balaban J connectivity index is 1.86. The summed E-state index contributed by atoms with van der Waals surface area (Å²) in [7, 11) is 0. The quantitative estimate of drug-likeness (QED) is 0.268. The second-order valence-electron chi connectivity index (χ2n) is 5.64. The fourth-order valence-electron chi connectivity index (χ4n) is 2.30. The van der Waals surface area contributed by atoms with E-state index in [-0.39, 0.29) is 0 Å². The van der Waals surface area contributed by atoms with Gasteiger partial charge in [-0.3, -0.25) is 0 Å². The first-order valence-corrected chi connectivity index (χ1v) is 13.8. The van der Waals surface area contributed by atoms with Gasteiger partial charge in [0.05, 0.1) is 0 Å². The first-order chi connectivity index (χ1) is 13.3. The minimum absolute atomic E-state index is 0.592. The number of rotatable bonds is 14. The predicted octanol–water partition coefficient (Wildman–Crippen LogP) is 7.79. The SMILES string of the molecule is C=CSCC(CSCC(CSC=C)Sc1ccccc1)Sc1ccccc1. The Hall–Kier alpha value is -0.330. The predicted molar refractivity (Wildman–Crippen MR) is 135 cm³/mol. The van der Waals surface area contributed by atoms with E-state index in [0.29, 0.717) is 10.5 Å². The van der Waals surface area contributed by atoms with Gasteiger partial charge < -0.3 is 0 Å². The number of hydrogen-bond donors (Lipinski definition) is 0. The highest BCUT2D eigenvalue weighted by Crippen LogP contribution is 2.32. The van der Waals surface area contributed by atoms with Crippen LogP contribution in [0.15, 0.2) is 94.4 Å². The van der Waals surface area contributed by atoms with Crippen LogP contribution >= 0.6 is 58.8 Å². The van der Waals surface area contributed by atoms with Crippen molar-refractivity contribution in [3.05, 3.63) is 84.6 Å². The summed E-state index contributed by atoms with van der Waals surface area (Å²) in [4.78, 5) is 2.70. The Morgan fingerprint density at radius 1 is 0.630 bits per heavy atom. The fourth-order valence-corrected chi connectivity index (χ4v) is 7.97. The molecule has 0 amide bonds. The second kappa shape index (κ2) is 14.6. The van der Waals surface area contributed by atoms with Crippen LogP contribution in [-0.2, 0) is 0 Å². The van der Waals surface area contributed by atoms with Gasteiger partial charge in [0.2, 0.25) is 0 Å². The molecule has 0 aliphatic carbocycles. The maximum Gasteiger partial charge on any atom is 0.0279 e. The molecule has 0 N–H and O–H groups in total. The summed E-state index contributed by atoms with van der Waals surface area (Å²) in [5, 5.41) is 5.10. The molecule has 27 heavy (non-hydrogen) atoms. The van der Waals surface area contributed by atoms with Crippen molar-refractivity contribution in [1.29, 1.82) is 0 Å². The Morgan fingerprint density at radius 3 is 1.41 bits per heavy atom. The summed E-state index contributed by atoms with van der Waals surface area (Å²) in [6, 6.07) is 21.4. The van der Waals surface area contributed by atoms with E-state index >= 15 is 0 Å². The van der Waals surface area contributed by atoms with E-state index < -0.39 is 0 Å². The molecule has 2 atom stereocenters. The highest BCUT2D eigenvalue weighted by Gasteiger charge is 2.15. The maximum absolute atomic E-state index is 3.86. The molecule has 2 aromatic rings. The van der Waals surface area contributed by atoms with Crippen LogP contribution in [0.2, 0.25) is 0 Å². The monoisotopic (exact) mass is 450 g/mol. The molecular formula is C22H26S5. The zero-order valence-corrected chi connectivity index (χ0v) is 19.4. The van der Waals surface area contributed by atoms with Crippen LogP contribution in [0.5, 0.6) is 0 Å². The lowest BCUT2D eigenvalue weighted by atomic mass is 10.4. The average molecular weight is 451 g/mol. The molecule has 0 fully saturated rings. The maximum atomic E-state index is 3.86. The lowest BCUT2D eigenvalue weighted by molar-refractivity contribution is 1.11. The second-order valence-corrected chi connectivity index (χ2v) is 11.5. The standard InChI is InChI=1S/C22H26S5/c1-3-23-15-21(26-19-11-7-5-8-12-19)17-25-18-22(16-24-4-2)27-20-13-9-6-10-14-20/h3-14,21-22H,1-2,15-18H2. The minimum Gasteiger partial charge on any atom is -0.160 e. The van der Waals surface area contributed by atoms with Crippen LogP contribution in [-0.4, -0.2) is 33.5 Å². The first kappa shape index (κ1) is 23.0. The highest BCUT2D eigenvalue weighted by atomic mass is 32.2. The van der Waals surface area contributed by atoms with Gasteiger partial charge in [-0.2, -0.15) is 11.8 Å². The van der Waals surface area contributed by atoms with Crippen molar-refractivity contribution >= 4 is 58.8 Å². The molecule has 0 saturated carbocycles. The van der Waals surface area contributed by atoms with Crippen LogP contribution in [0.1, 0.15) is 0 Å². The normalized spacial score (nSPS) is 13.0. The number of hydrogen-bond acceptors (Lipinski definition) is 5. The van der Waals surface area contributed by atoms with E-state index in [0.717, 1.165) is 23.0 Å². The Morgan fingerprint density at radius 2 is 1.04 bits per heavy atom. The van der Waals surface area contributed by atoms with Gasteiger partial charge in [-0.05, 0) is 35.1 Å². The zero-order valence-electron chi connectivity index (χ0n) is 15.4. The van der Waals surface area contributed by atoms with Gasteiger partial charge in [0, 0.05) is 43.3 Å². The molecular weight excluding hydrogens is 425 g/mol.